The van der Waals surface area contributed by atoms with Gasteiger partial charge in [-0.1, -0.05) is 46.6 Å². The first kappa shape index (κ1) is 14.5. The van der Waals surface area contributed by atoms with Crippen LogP contribution in [0.15, 0.2) is 40.9 Å². The molecule has 0 saturated carbocycles. The number of fused-ring (bicyclic) bond motifs is 1. The number of rotatable bonds is 4. The van der Waals surface area contributed by atoms with Crippen LogP contribution in [-0.4, -0.2) is 6.79 Å². The summed E-state index contributed by atoms with van der Waals surface area (Å²) >= 11 is 9.77. The Labute approximate surface area is 137 Å². The highest BCUT2D eigenvalue weighted by Gasteiger charge is 2.18. The number of halogens is 2. The molecule has 110 valence electrons. The first-order valence-electron chi connectivity index (χ1n) is 6.78. The molecule has 21 heavy (non-hydrogen) atoms. The fourth-order valence-corrected chi connectivity index (χ4v) is 2.80. The van der Waals surface area contributed by atoms with E-state index in [-0.39, 0.29) is 12.8 Å². The maximum absolute atomic E-state index is 6.32. The number of ether oxygens (including phenoxy) is 2. The fourth-order valence-electron chi connectivity index (χ4n) is 2.33. The number of hydrogen-bond donors (Lipinski definition) is 1. The molecular weight excluding hydrogens is 354 g/mol. The molecule has 0 spiro atoms. The topological polar surface area (TPSA) is 30.5 Å². The van der Waals surface area contributed by atoms with Gasteiger partial charge in [0, 0.05) is 16.6 Å². The van der Waals surface area contributed by atoms with Crippen molar-refractivity contribution in [2.75, 3.05) is 12.1 Å². The molecule has 3 rings (SSSR count). The molecule has 0 bridgehead atoms. The Balaban J connectivity index is 1.85. The van der Waals surface area contributed by atoms with E-state index < -0.39 is 0 Å². The highest BCUT2D eigenvalue weighted by atomic mass is 79.9. The van der Waals surface area contributed by atoms with Gasteiger partial charge < -0.3 is 14.8 Å². The van der Waals surface area contributed by atoms with Gasteiger partial charge in [0.05, 0.1) is 16.8 Å². The van der Waals surface area contributed by atoms with Crippen molar-refractivity contribution < 1.29 is 9.47 Å². The van der Waals surface area contributed by atoms with Gasteiger partial charge in [0.25, 0.3) is 0 Å². The van der Waals surface area contributed by atoms with Crippen LogP contribution in [0.5, 0.6) is 11.5 Å². The van der Waals surface area contributed by atoms with Gasteiger partial charge in [0.15, 0.2) is 11.5 Å². The molecule has 0 saturated heterocycles. The second kappa shape index (κ2) is 6.16. The molecule has 2 aromatic carbocycles. The number of nitrogens with one attached hydrogen (secondary N) is 1. The van der Waals surface area contributed by atoms with Gasteiger partial charge >= 0.3 is 0 Å². The van der Waals surface area contributed by atoms with Crippen molar-refractivity contribution in [2.24, 2.45) is 0 Å². The summed E-state index contributed by atoms with van der Waals surface area (Å²) in [5.74, 6) is 1.43. The third-order valence-electron chi connectivity index (χ3n) is 3.47. The van der Waals surface area contributed by atoms with Crippen molar-refractivity contribution >= 4 is 33.2 Å². The maximum Gasteiger partial charge on any atom is 0.231 e. The van der Waals surface area contributed by atoms with Crippen LogP contribution < -0.4 is 14.8 Å². The highest BCUT2D eigenvalue weighted by Crippen LogP contribution is 2.40. The quantitative estimate of drug-likeness (QED) is 0.784. The van der Waals surface area contributed by atoms with Gasteiger partial charge in [-0.25, -0.2) is 0 Å². The molecule has 0 radical (unpaired) electrons. The first-order valence-corrected chi connectivity index (χ1v) is 7.95. The predicted molar refractivity (Wildman–Crippen MR) is 88.4 cm³/mol. The molecule has 1 unspecified atom stereocenters. The largest absolute Gasteiger partial charge is 0.454 e. The van der Waals surface area contributed by atoms with Gasteiger partial charge in [0.2, 0.25) is 6.79 Å². The summed E-state index contributed by atoms with van der Waals surface area (Å²) in [5.41, 5.74) is 2.07. The minimum Gasteiger partial charge on any atom is -0.454 e. The molecule has 1 N–H and O–H groups in total. The van der Waals surface area contributed by atoms with Crippen LogP contribution in [0, 0.1) is 0 Å². The second-order valence-corrected chi connectivity index (χ2v) is 6.16. The van der Waals surface area contributed by atoms with Gasteiger partial charge in [-0.05, 0) is 24.1 Å². The Morgan fingerprint density at radius 2 is 1.86 bits per heavy atom. The molecule has 1 aliphatic rings. The van der Waals surface area contributed by atoms with Crippen LogP contribution >= 0.6 is 27.5 Å². The van der Waals surface area contributed by atoms with Gasteiger partial charge in [-0.3, -0.25) is 0 Å². The summed E-state index contributed by atoms with van der Waals surface area (Å²) in [7, 11) is 0. The molecular formula is C16H15BrClNO2. The third kappa shape index (κ3) is 3.11. The number of benzene rings is 2. The van der Waals surface area contributed by atoms with Crippen molar-refractivity contribution in [2.45, 2.75) is 19.4 Å². The molecule has 0 amide bonds. The van der Waals surface area contributed by atoms with Gasteiger partial charge in [0.1, 0.15) is 0 Å². The molecule has 0 aliphatic carbocycles. The molecule has 1 aliphatic heterocycles. The van der Waals surface area contributed by atoms with Crippen LogP contribution in [-0.2, 0) is 0 Å². The number of hydrogen-bond acceptors (Lipinski definition) is 3. The Morgan fingerprint density at radius 1 is 1.19 bits per heavy atom. The predicted octanol–water partition coefficient (Wildman–Crippen LogP) is 5.39. The van der Waals surface area contributed by atoms with Crippen molar-refractivity contribution in [1.29, 1.82) is 0 Å². The third-order valence-corrected chi connectivity index (χ3v) is 4.31. The van der Waals surface area contributed by atoms with Crippen LogP contribution in [0.25, 0.3) is 0 Å². The lowest BCUT2D eigenvalue weighted by Crippen LogP contribution is -2.09. The number of anilines is 1. The van der Waals surface area contributed by atoms with E-state index in [2.05, 4.69) is 40.3 Å². The average molecular weight is 369 g/mol. The Hall–Kier alpha value is -1.39. The van der Waals surface area contributed by atoms with Crippen LogP contribution in [0.1, 0.15) is 24.9 Å². The maximum atomic E-state index is 6.32. The van der Waals surface area contributed by atoms with Crippen molar-refractivity contribution in [3.63, 3.8) is 0 Å². The zero-order chi connectivity index (χ0) is 14.8. The summed E-state index contributed by atoms with van der Waals surface area (Å²) in [5, 5.41) is 4.11. The van der Waals surface area contributed by atoms with E-state index in [0.717, 1.165) is 22.3 Å². The SMILES string of the molecule is CCC(Nc1cc2c(cc1Cl)OCO2)c1ccc(Br)cc1. The smallest absolute Gasteiger partial charge is 0.231 e. The monoisotopic (exact) mass is 367 g/mol. The summed E-state index contributed by atoms with van der Waals surface area (Å²) < 4.78 is 11.8. The Bertz CT molecular complexity index is 645. The summed E-state index contributed by atoms with van der Waals surface area (Å²) in [6.45, 7) is 2.39. The Kier molecular flexibility index (Phi) is 4.27. The van der Waals surface area contributed by atoms with Crippen LogP contribution in [0.4, 0.5) is 5.69 Å². The van der Waals surface area contributed by atoms with E-state index in [1.165, 1.54) is 5.56 Å². The molecule has 0 fully saturated rings. The van der Waals surface area contributed by atoms with Crippen molar-refractivity contribution in [3.05, 3.63) is 51.5 Å². The molecule has 3 nitrogen and oxygen atoms in total. The first-order chi connectivity index (χ1) is 10.2. The lowest BCUT2D eigenvalue weighted by atomic mass is 10.0. The summed E-state index contributed by atoms with van der Waals surface area (Å²) in [4.78, 5) is 0. The fraction of sp³-hybridized carbons (Fsp3) is 0.250. The van der Waals surface area contributed by atoms with Crippen molar-refractivity contribution in [3.8, 4) is 11.5 Å². The van der Waals surface area contributed by atoms with Crippen LogP contribution in [0.2, 0.25) is 5.02 Å². The summed E-state index contributed by atoms with van der Waals surface area (Å²) in [6.07, 6.45) is 0.951. The highest BCUT2D eigenvalue weighted by molar-refractivity contribution is 9.10. The van der Waals surface area contributed by atoms with E-state index in [1.807, 2.05) is 18.2 Å². The minimum absolute atomic E-state index is 0.191. The molecule has 5 heteroatoms. The Morgan fingerprint density at radius 3 is 2.52 bits per heavy atom. The van der Waals surface area contributed by atoms with E-state index in [4.69, 9.17) is 21.1 Å². The summed E-state index contributed by atoms with van der Waals surface area (Å²) in [6, 6.07) is 12.2. The minimum atomic E-state index is 0.191. The lowest BCUT2D eigenvalue weighted by Gasteiger charge is -2.20. The van der Waals surface area contributed by atoms with Gasteiger partial charge in [-0.15, -0.1) is 0 Å². The van der Waals surface area contributed by atoms with Gasteiger partial charge in [-0.2, -0.15) is 0 Å². The molecule has 2 aromatic rings. The second-order valence-electron chi connectivity index (χ2n) is 4.84. The van der Waals surface area contributed by atoms with E-state index in [0.29, 0.717) is 10.8 Å². The molecule has 1 heterocycles. The zero-order valence-electron chi connectivity index (χ0n) is 11.5. The van der Waals surface area contributed by atoms with E-state index in [9.17, 15) is 0 Å². The standard InChI is InChI=1S/C16H15BrClNO2/c1-2-13(10-3-5-11(17)6-4-10)19-14-8-16-15(7-12(14)18)20-9-21-16/h3-8,13,19H,2,9H2,1H3. The van der Waals surface area contributed by atoms with E-state index in [1.54, 1.807) is 6.07 Å². The zero-order valence-corrected chi connectivity index (χ0v) is 13.9. The molecule has 0 aromatic heterocycles. The van der Waals surface area contributed by atoms with Crippen molar-refractivity contribution in [1.82, 2.24) is 0 Å². The molecule has 1 atom stereocenters. The normalized spacial score (nSPS) is 14.0. The lowest BCUT2D eigenvalue weighted by molar-refractivity contribution is 0.174. The van der Waals surface area contributed by atoms with Crippen LogP contribution in [0.3, 0.4) is 0 Å². The van der Waals surface area contributed by atoms with E-state index >= 15 is 0 Å². The average Bonchev–Trinajstić information content (AvgIpc) is 2.93.